The largest absolute Gasteiger partial charge is 0.466 e. The normalized spacial score (nSPS) is 12.6. The van der Waals surface area contributed by atoms with E-state index in [1.54, 1.807) is 6.26 Å². The minimum atomic E-state index is -0.605. The SMILES string of the molecule is Cc1ccoc1C(O)CSc1ccccc1Cl. The predicted molar refractivity (Wildman–Crippen MR) is 70.6 cm³/mol. The molecule has 1 unspecified atom stereocenters. The average Bonchev–Trinajstić information content (AvgIpc) is 2.74. The Morgan fingerprint density at radius 2 is 2.12 bits per heavy atom. The summed E-state index contributed by atoms with van der Waals surface area (Å²) in [5.41, 5.74) is 0.970. The van der Waals surface area contributed by atoms with E-state index in [1.807, 2.05) is 37.3 Å². The van der Waals surface area contributed by atoms with Gasteiger partial charge >= 0.3 is 0 Å². The van der Waals surface area contributed by atoms with Gasteiger partial charge in [-0.1, -0.05) is 23.7 Å². The van der Waals surface area contributed by atoms with Gasteiger partial charge in [-0.15, -0.1) is 11.8 Å². The van der Waals surface area contributed by atoms with Gasteiger partial charge in [-0.2, -0.15) is 0 Å². The first-order chi connectivity index (χ1) is 8.18. The van der Waals surface area contributed by atoms with Crippen LogP contribution in [-0.2, 0) is 0 Å². The molecule has 2 rings (SSSR count). The summed E-state index contributed by atoms with van der Waals surface area (Å²) in [5, 5.41) is 10.7. The molecule has 1 heterocycles. The molecule has 0 aliphatic rings. The molecular formula is C13H13ClO2S. The minimum absolute atomic E-state index is 0.526. The Kier molecular flexibility index (Phi) is 4.15. The van der Waals surface area contributed by atoms with E-state index in [4.69, 9.17) is 16.0 Å². The number of thioether (sulfide) groups is 1. The molecule has 0 bridgehead atoms. The summed E-state index contributed by atoms with van der Waals surface area (Å²) in [5.74, 6) is 1.16. The summed E-state index contributed by atoms with van der Waals surface area (Å²) < 4.78 is 5.25. The maximum Gasteiger partial charge on any atom is 0.136 e. The zero-order chi connectivity index (χ0) is 12.3. The number of hydrogen-bond donors (Lipinski definition) is 1. The van der Waals surface area contributed by atoms with Crippen LogP contribution >= 0.6 is 23.4 Å². The lowest BCUT2D eigenvalue weighted by Gasteiger charge is -2.09. The molecule has 0 aliphatic heterocycles. The van der Waals surface area contributed by atoms with Crippen LogP contribution in [0.25, 0.3) is 0 Å². The quantitative estimate of drug-likeness (QED) is 0.849. The van der Waals surface area contributed by atoms with E-state index in [1.165, 1.54) is 11.8 Å². The monoisotopic (exact) mass is 268 g/mol. The first-order valence-corrected chi connectivity index (χ1v) is 6.64. The van der Waals surface area contributed by atoms with Gasteiger partial charge in [-0.3, -0.25) is 0 Å². The molecule has 0 saturated carbocycles. The van der Waals surface area contributed by atoms with E-state index >= 15 is 0 Å². The van der Waals surface area contributed by atoms with Crippen LogP contribution < -0.4 is 0 Å². The van der Waals surface area contributed by atoms with Gasteiger partial charge in [0.25, 0.3) is 0 Å². The highest BCUT2D eigenvalue weighted by Gasteiger charge is 2.14. The molecule has 17 heavy (non-hydrogen) atoms. The zero-order valence-corrected chi connectivity index (χ0v) is 11.0. The van der Waals surface area contributed by atoms with Crippen molar-refractivity contribution >= 4 is 23.4 Å². The summed E-state index contributed by atoms with van der Waals surface area (Å²) in [4.78, 5) is 0.970. The third-order valence-electron chi connectivity index (χ3n) is 2.44. The number of furan rings is 1. The highest BCUT2D eigenvalue weighted by Crippen LogP contribution is 2.31. The molecule has 1 atom stereocenters. The maximum atomic E-state index is 9.98. The van der Waals surface area contributed by atoms with E-state index < -0.39 is 6.10 Å². The predicted octanol–water partition coefficient (Wildman–Crippen LogP) is 4.07. The van der Waals surface area contributed by atoms with Gasteiger partial charge in [0, 0.05) is 10.6 Å². The first kappa shape index (κ1) is 12.6. The molecule has 0 amide bonds. The van der Waals surface area contributed by atoms with Crippen LogP contribution in [0.3, 0.4) is 0 Å². The van der Waals surface area contributed by atoms with Gasteiger partial charge in [0.05, 0.1) is 11.3 Å². The Labute approximate surface area is 110 Å². The van der Waals surface area contributed by atoms with Crippen molar-refractivity contribution in [2.24, 2.45) is 0 Å². The minimum Gasteiger partial charge on any atom is -0.466 e. The van der Waals surface area contributed by atoms with Gasteiger partial charge in [-0.25, -0.2) is 0 Å². The summed E-state index contributed by atoms with van der Waals surface area (Å²) >= 11 is 7.56. The van der Waals surface area contributed by atoms with E-state index in [0.29, 0.717) is 16.5 Å². The second kappa shape index (κ2) is 5.63. The summed E-state index contributed by atoms with van der Waals surface area (Å²) in [7, 11) is 0. The fraction of sp³-hybridized carbons (Fsp3) is 0.231. The average molecular weight is 269 g/mol. The first-order valence-electron chi connectivity index (χ1n) is 5.28. The molecular weight excluding hydrogens is 256 g/mol. The fourth-order valence-corrected chi connectivity index (χ4v) is 2.70. The number of benzene rings is 1. The van der Waals surface area contributed by atoms with E-state index in [9.17, 15) is 5.11 Å². The van der Waals surface area contributed by atoms with Crippen LogP contribution in [0.1, 0.15) is 17.4 Å². The molecule has 0 aliphatic carbocycles. The Bertz CT molecular complexity index is 496. The van der Waals surface area contributed by atoms with Crippen molar-refractivity contribution < 1.29 is 9.52 Å². The van der Waals surface area contributed by atoms with Crippen LogP contribution in [-0.4, -0.2) is 10.9 Å². The van der Waals surface area contributed by atoms with Gasteiger partial charge < -0.3 is 9.52 Å². The number of aliphatic hydroxyl groups excluding tert-OH is 1. The van der Waals surface area contributed by atoms with Crippen molar-refractivity contribution in [1.29, 1.82) is 0 Å². The van der Waals surface area contributed by atoms with Crippen LogP contribution in [0.2, 0.25) is 5.02 Å². The van der Waals surface area contributed by atoms with Crippen molar-refractivity contribution in [2.45, 2.75) is 17.9 Å². The summed E-state index contributed by atoms with van der Waals surface area (Å²) in [6.45, 7) is 1.92. The lowest BCUT2D eigenvalue weighted by atomic mass is 10.2. The second-order valence-electron chi connectivity index (χ2n) is 3.73. The number of aliphatic hydroxyl groups is 1. The Balaban J connectivity index is 2.00. The Hall–Kier alpha value is -0.900. The fourth-order valence-electron chi connectivity index (χ4n) is 1.53. The summed E-state index contributed by atoms with van der Waals surface area (Å²) in [6, 6.07) is 9.44. The topological polar surface area (TPSA) is 33.4 Å². The number of rotatable bonds is 4. The van der Waals surface area contributed by atoms with Gasteiger partial charge in [-0.05, 0) is 30.7 Å². The molecule has 1 N–H and O–H groups in total. The van der Waals surface area contributed by atoms with Crippen molar-refractivity contribution in [3.8, 4) is 0 Å². The molecule has 90 valence electrons. The molecule has 0 fully saturated rings. The van der Waals surface area contributed by atoms with Gasteiger partial charge in [0.15, 0.2) is 0 Å². The van der Waals surface area contributed by atoms with Crippen LogP contribution in [0.5, 0.6) is 0 Å². The van der Waals surface area contributed by atoms with E-state index in [-0.39, 0.29) is 0 Å². The van der Waals surface area contributed by atoms with E-state index in [0.717, 1.165) is 10.5 Å². The summed E-state index contributed by atoms with van der Waals surface area (Å²) in [6.07, 6.45) is 0.986. The maximum absolute atomic E-state index is 9.98. The van der Waals surface area contributed by atoms with Crippen LogP contribution in [0.15, 0.2) is 45.9 Å². The molecule has 4 heteroatoms. The van der Waals surface area contributed by atoms with Crippen molar-refractivity contribution in [3.63, 3.8) is 0 Å². The third kappa shape index (κ3) is 3.06. The third-order valence-corrected chi connectivity index (χ3v) is 4.03. The van der Waals surface area contributed by atoms with Crippen molar-refractivity contribution in [2.75, 3.05) is 5.75 Å². The molecule has 0 radical (unpaired) electrons. The molecule has 0 spiro atoms. The highest BCUT2D eigenvalue weighted by atomic mass is 35.5. The van der Waals surface area contributed by atoms with Crippen molar-refractivity contribution in [3.05, 3.63) is 52.9 Å². The van der Waals surface area contributed by atoms with E-state index in [2.05, 4.69) is 0 Å². The number of hydrogen-bond acceptors (Lipinski definition) is 3. The van der Waals surface area contributed by atoms with Gasteiger partial charge in [0.2, 0.25) is 0 Å². The highest BCUT2D eigenvalue weighted by molar-refractivity contribution is 7.99. The zero-order valence-electron chi connectivity index (χ0n) is 9.39. The Morgan fingerprint density at radius 3 is 2.76 bits per heavy atom. The van der Waals surface area contributed by atoms with Crippen LogP contribution in [0.4, 0.5) is 0 Å². The van der Waals surface area contributed by atoms with Crippen LogP contribution in [0, 0.1) is 6.92 Å². The second-order valence-corrected chi connectivity index (χ2v) is 5.19. The smallest absolute Gasteiger partial charge is 0.136 e. The lowest BCUT2D eigenvalue weighted by Crippen LogP contribution is -2.00. The molecule has 0 saturated heterocycles. The lowest BCUT2D eigenvalue weighted by molar-refractivity contribution is 0.173. The molecule has 1 aromatic heterocycles. The number of aryl methyl sites for hydroxylation is 1. The van der Waals surface area contributed by atoms with Gasteiger partial charge in [0.1, 0.15) is 11.9 Å². The Morgan fingerprint density at radius 1 is 1.35 bits per heavy atom. The molecule has 2 nitrogen and oxygen atoms in total. The molecule has 1 aromatic carbocycles. The van der Waals surface area contributed by atoms with Crippen molar-refractivity contribution in [1.82, 2.24) is 0 Å². The number of halogens is 1. The molecule has 2 aromatic rings. The standard InChI is InChI=1S/C13H13ClO2S/c1-9-6-7-16-13(9)11(15)8-17-12-5-3-2-4-10(12)14/h2-7,11,15H,8H2,1H3.